The zero-order valence-electron chi connectivity index (χ0n) is 18.0. The van der Waals surface area contributed by atoms with E-state index in [2.05, 4.69) is 16.0 Å². The topological polar surface area (TPSA) is 90.5 Å². The number of anilines is 4. The normalized spacial score (nSPS) is 15.2. The van der Waals surface area contributed by atoms with Crippen LogP contribution in [0.15, 0.2) is 72.8 Å². The van der Waals surface area contributed by atoms with Crippen molar-refractivity contribution in [2.45, 2.75) is 19.4 Å². The molecule has 33 heavy (non-hydrogen) atoms. The summed E-state index contributed by atoms with van der Waals surface area (Å²) < 4.78 is 0. The summed E-state index contributed by atoms with van der Waals surface area (Å²) in [6.45, 7) is 1.80. The van der Waals surface area contributed by atoms with Crippen LogP contribution in [0.4, 0.5) is 22.7 Å². The van der Waals surface area contributed by atoms with Crippen molar-refractivity contribution in [3.8, 4) is 0 Å². The molecule has 4 rings (SSSR count). The molecule has 3 aromatic carbocycles. The Morgan fingerprint density at radius 1 is 1.03 bits per heavy atom. The SMILES string of the molecule is C[C@H]1CC(=O)Nc2ccccc2N1C(=O)CNc1ccccc1C(=O)Nc1ccc(Cl)cc1. The molecule has 7 nitrogen and oxygen atoms in total. The molecule has 0 saturated heterocycles. The lowest BCUT2D eigenvalue weighted by Gasteiger charge is -2.28. The molecule has 1 heterocycles. The molecule has 168 valence electrons. The molecule has 0 unspecified atom stereocenters. The third-order valence-electron chi connectivity index (χ3n) is 5.33. The summed E-state index contributed by atoms with van der Waals surface area (Å²) in [7, 11) is 0. The van der Waals surface area contributed by atoms with Gasteiger partial charge in [0.2, 0.25) is 11.8 Å². The molecule has 0 spiro atoms. The Balaban J connectivity index is 1.50. The van der Waals surface area contributed by atoms with E-state index in [0.717, 1.165) is 0 Å². The Kier molecular flexibility index (Phi) is 6.60. The van der Waals surface area contributed by atoms with Crippen LogP contribution in [0.2, 0.25) is 5.02 Å². The molecule has 0 bridgehead atoms. The zero-order valence-corrected chi connectivity index (χ0v) is 18.7. The Labute approximate surface area is 196 Å². The summed E-state index contributed by atoms with van der Waals surface area (Å²) >= 11 is 5.90. The summed E-state index contributed by atoms with van der Waals surface area (Å²) in [5, 5.41) is 9.35. The highest BCUT2D eigenvalue weighted by Crippen LogP contribution is 2.31. The van der Waals surface area contributed by atoms with Gasteiger partial charge in [-0.2, -0.15) is 0 Å². The summed E-state index contributed by atoms with van der Waals surface area (Å²) in [5.74, 6) is -0.655. The molecule has 3 amide bonds. The van der Waals surface area contributed by atoms with Crippen LogP contribution >= 0.6 is 11.6 Å². The number of hydrogen-bond donors (Lipinski definition) is 3. The number of carbonyl (C=O) groups is 3. The Hall–Kier alpha value is -3.84. The molecular weight excluding hydrogens is 440 g/mol. The molecule has 0 radical (unpaired) electrons. The number of fused-ring (bicyclic) bond motifs is 1. The van der Waals surface area contributed by atoms with Crippen LogP contribution in [0.3, 0.4) is 0 Å². The maximum absolute atomic E-state index is 13.2. The first kappa shape index (κ1) is 22.4. The van der Waals surface area contributed by atoms with E-state index in [0.29, 0.717) is 33.3 Å². The largest absolute Gasteiger partial charge is 0.375 e. The van der Waals surface area contributed by atoms with Crippen molar-refractivity contribution in [2.24, 2.45) is 0 Å². The fourth-order valence-electron chi connectivity index (χ4n) is 3.79. The standard InChI is InChI=1S/C25H23ClN4O3/c1-16-14-23(31)29-21-8-4-5-9-22(21)30(16)24(32)15-27-20-7-3-2-6-19(20)25(33)28-18-12-10-17(26)11-13-18/h2-13,16,27H,14-15H2,1H3,(H,28,33)(H,29,31)/t16-/m0/s1. The van der Waals surface area contributed by atoms with E-state index in [1.54, 1.807) is 59.5 Å². The predicted molar refractivity (Wildman–Crippen MR) is 131 cm³/mol. The van der Waals surface area contributed by atoms with E-state index in [4.69, 9.17) is 11.6 Å². The molecule has 3 N–H and O–H groups in total. The van der Waals surface area contributed by atoms with Crippen LogP contribution in [0.5, 0.6) is 0 Å². The Bertz CT molecular complexity index is 1200. The minimum absolute atomic E-state index is 0.0435. The molecule has 0 aliphatic carbocycles. The number of hydrogen-bond acceptors (Lipinski definition) is 4. The van der Waals surface area contributed by atoms with Crippen molar-refractivity contribution in [3.05, 3.63) is 83.4 Å². The minimum atomic E-state index is -0.314. The van der Waals surface area contributed by atoms with Crippen LogP contribution in [0.1, 0.15) is 23.7 Å². The number of nitrogens with zero attached hydrogens (tertiary/aromatic N) is 1. The molecular formula is C25H23ClN4O3. The lowest BCUT2D eigenvalue weighted by molar-refractivity contribution is -0.118. The number of halogens is 1. The Morgan fingerprint density at radius 3 is 2.52 bits per heavy atom. The monoisotopic (exact) mass is 462 g/mol. The smallest absolute Gasteiger partial charge is 0.257 e. The molecule has 1 aliphatic rings. The number of nitrogens with one attached hydrogen (secondary N) is 3. The van der Waals surface area contributed by atoms with E-state index >= 15 is 0 Å². The third kappa shape index (κ3) is 5.15. The van der Waals surface area contributed by atoms with Crippen molar-refractivity contribution in [2.75, 3.05) is 27.4 Å². The van der Waals surface area contributed by atoms with E-state index in [1.807, 2.05) is 25.1 Å². The highest BCUT2D eigenvalue weighted by molar-refractivity contribution is 6.30. The molecule has 8 heteroatoms. The van der Waals surface area contributed by atoms with E-state index in [9.17, 15) is 14.4 Å². The van der Waals surface area contributed by atoms with Crippen LogP contribution < -0.4 is 20.9 Å². The predicted octanol–water partition coefficient (Wildman–Crippen LogP) is 4.77. The highest BCUT2D eigenvalue weighted by Gasteiger charge is 2.29. The van der Waals surface area contributed by atoms with Gasteiger partial charge in [-0.1, -0.05) is 35.9 Å². The van der Waals surface area contributed by atoms with Crippen LogP contribution in [0, 0.1) is 0 Å². The van der Waals surface area contributed by atoms with Gasteiger partial charge in [0.15, 0.2) is 0 Å². The number of carbonyl (C=O) groups excluding carboxylic acids is 3. The molecule has 3 aromatic rings. The van der Waals surface area contributed by atoms with Gasteiger partial charge in [-0.15, -0.1) is 0 Å². The van der Waals surface area contributed by atoms with Crippen molar-refractivity contribution in [1.82, 2.24) is 0 Å². The fourth-order valence-corrected chi connectivity index (χ4v) is 3.92. The third-order valence-corrected chi connectivity index (χ3v) is 5.58. The molecule has 0 aromatic heterocycles. The summed E-state index contributed by atoms with van der Waals surface area (Å²) in [5.41, 5.74) is 2.80. The molecule has 1 aliphatic heterocycles. The van der Waals surface area contributed by atoms with Gasteiger partial charge in [-0.05, 0) is 55.5 Å². The highest BCUT2D eigenvalue weighted by atomic mass is 35.5. The van der Waals surface area contributed by atoms with Crippen molar-refractivity contribution < 1.29 is 14.4 Å². The number of benzene rings is 3. The van der Waals surface area contributed by atoms with Crippen molar-refractivity contribution >= 4 is 52.1 Å². The average Bonchev–Trinajstić information content (AvgIpc) is 2.93. The maximum atomic E-state index is 13.2. The summed E-state index contributed by atoms with van der Waals surface area (Å²) in [6, 6.07) is 20.7. The van der Waals surface area contributed by atoms with Gasteiger partial charge in [-0.3, -0.25) is 14.4 Å². The van der Waals surface area contributed by atoms with Gasteiger partial charge in [0.25, 0.3) is 5.91 Å². The van der Waals surface area contributed by atoms with Crippen LogP contribution in [0.25, 0.3) is 0 Å². The minimum Gasteiger partial charge on any atom is -0.375 e. The molecule has 0 fully saturated rings. The van der Waals surface area contributed by atoms with Crippen LogP contribution in [-0.4, -0.2) is 30.3 Å². The number of rotatable bonds is 5. The lowest BCUT2D eigenvalue weighted by Crippen LogP contribution is -2.42. The van der Waals surface area contributed by atoms with Gasteiger partial charge in [0.05, 0.1) is 23.5 Å². The lowest BCUT2D eigenvalue weighted by atomic mass is 10.1. The van der Waals surface area contributed by atoms with Gasteiger partial charge in [0.1, 0.15) is 0 Å². The fraction of sp³-hybridized carbons (Fsp3) is 0.160. The first-order chi connectivity index (χ1) is 15.9. The average molecular weight is 463 g/mol. The first-order valence-corrected chi connectivity index (χ1v) is 10.9. The second kappa shape index (κ2) is 9.75. The Morgan fingerprint density at radius 2 is 1.73 bits per heavy atom. The summed E-state index contributed by atoms with van der Waals surface area (Å²) in [6.07, 6.45) is 0.195. The molecule has 0 saturated carbocycles. The van der Waals surface area contributed by atoms with E-state index in [1.165, 1.54) is 0 Å². The quantitative estimate of drug-likeness (QED) is 0.509. The first-order valence-electron chi connectivity index (χ1n) is 10.5. The van der Waals surface area contributed by atoms with Crippen molar-refractivity contribution in [3.63, 3.8) is 0 Å². The maximum Gasteiger partial charge on any atom is 0.257 e. The zero-order chi connectivity index (χ0) is 23.4. The van der Waals surface area contributed by atoms with Gasteiger partial charge < -0.3 is 20.9 Å². The van der Waals surface area contributed by atoms with Crippen LogP contribution in [-0.2, 0) is 9.59 Å². The van der Waals surface area contributed by atoms with Crippen molar-refractivity contribution in [1.29, 1.82) is 0 Å². The number of para-hydroxylation sites is 3. The van der Waals surface area contributed by atoms with Gasteiger partial charge in [0, 0.05) is 28.9 Å². The second-order valence-corrected chi connectivity index (χ2v) is 8.18. The second-order valence-electron chi connectivity index (χ2n) is 7.74. The van der Waals surface area contributed by atoms with E-state index < -0.39 is 0 Å². The molecule has 1 atom stereocenters. The van der Waals surface area contributed by atoms with Gasteiger partial charge in [-0.25, -0.2) is 0 Å². The summed E-state index contributed by atoms with van der Waals surface area (Å²) in [4.78, 5) is 39.9. The van der Waals surface area contributed by atoms with E-state index in [-0.39, 0.29) is 36.7 Å². The number of amides is 3. The van der Waals surface area contributed by atoms with Gasteiger partial charge >= 0.3 is 0 Å².